The van der Waals surface area contributed by atoms with Gasteiger partial charge in [-0.05, 0) is 43.7 Å². The molecule has 1 aromatic rings. The summed E-state index contributed by atoms with van der Waals surface area (Å²) in [6.07, 6.45) is 0.319. The molecule has 0 unspecified atom stereocenters. The normalized spacial score (nSPS) is 17.4. The van der Waals surface area contributed by atoms with Gasteiger partial charge in [-0.3, -0.25) is 5.32 Å². The Balaban J connectivity index is 2.01. The van der Waals surface area contributed by atoms with Crippen LogP contribution in [0.25, 0.3) is 0 Å². The summed E-state index contributed by atoms with van der Waals surface area (Å²) in [5.41, 5.74) is 1.40. The number of ether oxygens (including phenoxy) is 2. The first-order valence-electron chi connectivity index (χ1n) is 8.47. The Morgan fingerprint density at radius 2 is 1.81 bits per heavy atom. The minimum Gasteiger partial charge on any atom is -0.464 e. The number of nitrogens with one attached hydrogen (secondary N) is 1. The number of rotatable bonds is 5. The predicted octanol–water partition coefficient (Wildman–Crippen LogP) is 4.19. The highest BCUT2D eigenvalue weighted by Crippen LogP contribution is 2.38. The van der Waals surface area contributed by atoms with Crippen LogP contribution in [0.3, 0.4) is 0 Å². The molecule has 1 fully saturated rings. The highest BCUT2D eigenvalue weighted by molar-refractivity contribution is 5.93. The molecule has 0 bridgehead atoms. The van der Waals surface area contributed by atoms with Crippen LogP contribution in [0.4, 0.5) is 13.6 Å². The van der Waals surface area contributed by atoms with Crippen molar-refractivity contribution in [3.8, 4) is 0 Å². The van der Waals surface area contributed by atoms with Gasteiger partial charge in [0.2, 0.25) is 5.92 Å². The topological polar surface area (TPSA) is 64.6 Å². The number of esters is 1. The number of halogens is 2. The summed E-state index contributed by atoms with van der Waals surface area (Å²) in [6.45, 7) is 0.966. The van der Waals surface area contributed by atoms with Gasteiger partial charge in [0, 0.05) is 5.92 Å². The van der Waals surface area contributed by atoms with E-state index in [-0.39, 0.29) is 25.1 Å². The van der Waals surface area contributed by atoms with Gasteiger partial charge in [0.1, 0.15) is 12.3 Å². The lowest BCUT2D eigenvalue weighted by molar-refractivity contribution is -0.136. The number of hydrogen-bond acceptors (Lipinski definition) is 4. The molecule has 5 nitrogen and oxygen atoms in total. The van der Waals surface area contributed by atoms with Gasteiger partial charge < -0.3 is 9.47 Å². The van der Waals surface area contributed by atoms with Gasteiger partial charge >= 0.3 is 12.1 Å². The van der Waals surface area contributed by atoms with Crippen LogP contribution in [-0.4, -0.2) is 25.1 Å². The van der Waals surface area contributed by atoms with Crippen molar-refractivity contribution >= 4 is 12.1 Å². The molecule has 0 atom stereocenters. The summed E-state index contributed by atoms with van der Waals surface area (Å²) in [6, 6.07) is 9.10. The maximum absolute atomic E-state index is 13.4. The highest BCUT2D eigenvalue weighted by atomic mass is 19.3. The van der Waals surface area contributed by atoms with Gasteiger partial charge in [-0.1, -0.05) is 30.3 Å². The average Bonchev–Trinajstić information content (AvgIpc) is 2.64. The van der Waals surface area contributed by atoms with E-state index in [1.54, 1.807) is 12.1 Å². The third-order valence-corrected chi connectivity index (χ3v) is 4.49. The third-order valence-electron chi connectivity index (χ3n) is 4.49. The van der Waals surface area contributed by atoms with Gasteiger partial charge in [-0.15, -0.1) is 0 Å². The zero-order chi connectivity index (χ0) is 19.2. The van der Waals surface area contributed by atoms with E-state index in [4.69, 9.17) is 9.47 Å². The number of methoxy groups -OCH3 is 1. The van der Waals surface area contributed by atoms with E-state index >= 15 is 0 Å². The molecule has 1 saturated carbocycles. The van der Waals surface area contributed by atoms with Crippen molar-refractivity contribution in [1.82, 2.24) is 5.32 Å². The van der Waals surface area contributed by atoms with Crippen LogP contribution in [0.1, 0.15) is 38.2 Å². The second kappa shape index (κ2) is 8.78. The lowest BCUT2D eigenvalue weighted by atomic mass is 9.82. The average molecular weight is 367 g/mol. The van der Waals surface area contributed by atoms with Crippen molar-refractivity contribution in [2.24, 2.45) is 5.92 Å². The Morgan fingerprint density at radius 3 is 2.35 bits per heavy atom. The van der Waals surface area contributed by atoms with Crippen LogP contribution in [0.2, 0.25) is 0 Å². The molecule has 1 aromatic carbocycles. The number of benzene rings is 1. The number of hydrogen-bond donors (Lipinski definition) is 1. The van der Waals surface area contributed by atoms with Gasteiger partial charge in [0.25, 0.3) is 0 Å². The number of amides is 1. The van der Waals surface area contributed by atoms with Crippen molar-refractivity contribution in [2.75, 3.05) is 7.11 Å². The molecule has 2 rings (SSSR count). The largest absolute Gasteiger partial charge is 0.464 e. The van der Waals surface area contributed by atoms with Crippen molar-refractivity contribution in [3.05, 3.63) is 47.2 Å². The Labute approximate surface area is 151 Å². The van der Waals surface area contributed by atoms with Gasteiger partial charge in [0.15, 0.2) is 0 Å². The summed E-state index contributed by atoms with van der Waals surface area (Å²) in [5, 5.41) is 2.42. The zero-order valence-corrected chi connectivity index (χ0v) is 14.9. The van der Waals surface area contributed by atoms with Crippen LogP contribution in [0.15, 0.2) is 41.6 Å². The van der Waals surface area contributed by atoms with Gasteiger partial charge in [-0.25, -0.2) is 18.4 Å². The van der Waals surface area contributed by atoms with E-state index in [1.807, 2.05) is 18.2 Å². The Kier molecular flexibility index (Phi) is 6.71. The lowest BCUT2D eigenvalue weighted by Crippen LogP contribution is -2.32. The third kappa shape index (κ3) is 5.54. The molecule has 0 aromatic heterocycles. The molecule has 0 spiro atoms. The summed E-state index contributed by atoms with van der Waals surface area (Å²) in [7, 11) is 1.20. The maximum atomic E-state index is 13.4. The van der Waals surface area contributed by atoms with Crippen LogP contribution in [0, 0.1) is 5.92 Å². The molecule has 0 aliphatic heterocycles. The summed E-state index contributed by atoms with van der Waals surface area (Å²) >= 11 is 0. The molecule has 142 valence electrons. The van der Waals surface area contributed by atoms with Crippen LogP contribution >= 0.6 is 0 Å². The van der Waals surface area contributed by atoms with Crippen molar-refractivity contribution < 1.29 is 27.8 Å². The molecule has 0 radical (unpaired) electrons. The second-order valence-electron chi connectivity index (χ2n) is 6.39. The van der Waals surface area contributed by atoms with E-state index in [0.717, 1.165) is 12.5 Å². The van der Waals surface area contributed by atoms with E-state index in [9.17, 15) is 18.4 Å². The molecule has 0 saturated heterocycles. The number of alkyl carbamates (subject to hydrolysis) is 1. The van der Waals surface area contributed by atoms with Gasteiger partial charge in [0.05, 0.1) is 7.11 Å². The fourth-order valence-corrected chi connectivity index (χ4v) is 2.97. The fourth-order valence-electron chi connectivity index (χ4n) is 2.97. The predicted molar refractivity (Wildman–Crippen MR) is 91.4 cm³/mol. The number of carbonyl (C=O) groups excluding carboxylic acids is 2. The number of alkyl halides is 2. The first kappa shape index (κ1) is 19.9. The highest BCUT2D eigenvalue weighted by Gasteiger charge is 2.36. The molecule has 26 heavy (non-hydrogen) atoms. The van der Waals surface area contributed by atoms with E-state index < -0.39 is 23.9 Å². The molecule has 1 N–H and O–H groups in total. The molecule has 1 aliphatic carbocycles. The molecule has 1 amide bonds. The van der Waals surface area contributed by atoms with Crippen molar-refractivity contribution in [1.29, 1.82) is 0 Å². The zero-order valence-electron chi connectivity index (χ0n) is 14.9. The summed E-state index contributed by atoms with van der Waals surface area (Å²) in [5.74, 6) is -4.19. The quantitative estimate of drug-likeness (QED) is 0.626. The molecule has 1 aliphatic rings. The number of allylic oxidation sites excluding steroid dienone is 1. The first-order chi connectivity index (χ1) is 12.3. The molecular weight excluding hydrogens is 344 g/mol. The van der Waals surface area contributed by atoms with Crippen LogP contribution in [0.5, 0.6) is 0 Å². The fraction of sp³-hybridized carbons (Fsp3) is 0.474. The van der Waals surface area contributed by atoms with Crippen LogP contribution in [-0.2, 0) is 20.9 Å². The second-order valence-corrected chi connectivity index (χ2v) is 6.39. The lowest BCUT2D eigenvalue weighted by Gasteiger charge is -2.29. The standard InChI is InChI=1S/C19H23F2NO4/c1-19(20,21)15-10-8-14(9-11-15)16(17(23)25-2)22-18(24)26-12-13-6-4-3-5-7-13/h3-7,15H,8-12H2,1-2H3,(H,22,24). The number of carbonyl (C=O) groups is 2. The smallest absolute Gasteiger partial charge is 0.412 e. The Bertz CT molecular complexity index is 658. The monoisotopic (exact) mass is 367 g/mol. The Morgan fingerprint density at radius 1 is 1.19 bits per heavy atom. The van der Waals surface area contributed by atoms with E-state index in [0.29, 0.717) is 18.4 Å². The summed E-state index contributed by atoms with van der Waals surface area (Å²) < 4.78 is 36.7. The van der Waals surface area contributed by atoms with Crippen molar-refractivity contribution in [3.63, 3.8) is 0 Å². The van der Waals surface area contributed by atoms with E-state index in [1.165, 1.54) is 7.11 Å². The molecular formula is C19H23F2NO4. The van der Waals surface area contributed by atoms with Gasteiger partial charge in [-0.2, -0.15) is 0 Å². The van der Waals surface area contributed by atoms with Crippen molar-refractivity contribution in [2.45, 2.75) is 45.1 Å². The summed E-state index contributed by atoms with van der Waals surface area (Å²) in [4.78, 5) is 24.0. The SMILES string of the molecule is COC(=O)C(NC(=O)OCc1ccccc1)=C1CCC(C(C)(F)F)CC1. The molecule has 0 heterocycles. The van der Waals surface area contributed by atoms with E-state index in [2.05, 4.69) is 5.32 Å². The first-order valence-corrected chi connectivity index (χ1v) is 8.47. The van der Waals surface area contributed by atoms with Crippen LogP contribution < -0.4 is 5.32 Å². The Hall–Kier alpha value is -2.44. The molecule has 7 heteroatoms. The minimum absolute atomic E-state index is 0.0107. The minimum atomic E-state index is -2.75. The maximum Gasteiger partial charge on any atom is 0.412 e.